The van der Waals surface area contributed by atoms with Crippen molar-refractivity contribution in [1.82, 2.24) is 10.6 Å². The summed E-state index contributed by atoms with van der Waals surface area (Å²) >= 11 is 2.23. The van der Waals surface area contributed by atoms with Crippen LogP contribution in [0.3, 0.4) is 0 Å². The first-order chi connectivity index (χ1) is 10.5. The van der Waals surface area contributed by atoms with E-state index in [4.69, 9.17) is 0 Å². The van der Waals surface area contributed by atoms with E-state index in [1.807, 2.05) is 24.3 Å². The fourth-order valence-electron chi connectivity index (χ4n) is 2.55. The monoisotopic (exact) mass is 415 g/mol. The lowest BCUT2D eigenvalue weighted by atomic mass is 9.96. The number of carbonyl (C=O) groups excluding carboxylic acids is 2. The normalized spacial score (nSPS) is 16.6. The van der Waals surface area contributed by atoms with Gasteiger partial charge in [0.2, 0.25) is 5.91 Å². The first-order valence-electron chi connectivity index (χ1n) is 7.68. The first-order valence-corrected chi connectivity index (χ1v) is 8.76. The van der Waals surface area contributed by atoms with E-state index in [2.05, 4.69) is 38.5 Å². The van der Waals surface area contributed by atoms with Crippen LogP contribution in [0, 0.1) is 3.57 Å². The highest BCUT2D eigenvalue weighted by molar-refractivity contribution is 14.1. The molecule has 0 aromatic heterocycles. The van der Waals surface area contributed by atoms with Crippen molar-refractivity contribution in [2.24, 2.45) is 0 Å². The number of anilines is 1. The Bertz CT molecular complexity index is 513. The van der Waals surface area contributed by atoms with Gasteiger partial charge < -0.3 is 10.6 Å². The molecule has 1 unspecified atom stereocenters. The smallest absolute Gasteiger partial charge is 0.321 e. The van der Waals surface area contributed by atoms with Crippen LogP contribution in [0.25, 0.3) is 0 Å². The lowest BCUT2D eigenvalue weighted by molar-refractivity contribution is -0.120. The molecule has 1 aliphatic carbocycles. The highest BCUT2D eigenvalue weighted by atomic mass is 127. The summed E-state index contributed by atoms with van der Waals surface area (Å²) in [6.07, 6.45) is 5.51. The van der Waals surface area contributed by atoms with Gasteiger partial charge in [-0.25, -0.2) is 4.79 Å². The van der Waals surface area contributed by atoms with Gasteiger partial charge in [0.25, 0.3) is 0 Å². The van der Waals surface area contributed by atoms with Gasteiger partial charge in [0.05, 0.1) is 0 Å². The zero-order valence-electron chi connectivity index (χ0n) is 12.7. The van der Waals surface area contributed by atoms with Crippen molar-refractivity contribution in [3.05, 3.63) is 27.8 Å². The van der Waals surface area contributed by atoms with Crippen LogP contribution in [0.15, 0.2) is 24.3 Å². The van der Waals surface area contributed by atoms with Crippen molar-refractivity contribution in [3.8, 4) is 0 Å². The van der Waals surface area contributed by atoms with Gasteiger partial charge in [-0.05, 0) is 66.6 Å². The number of amides is 3. The number of hydrogen-bond donors (Lipinski definition) is 3. The Hall–Kier alpha value is -1.31. The fourth-order valence-corrected chi connectivity index (χ4v) is 2.91. The van der Waals surface area contributed by atoms with Crippen LogP contribution in [-0.2, 0) is 4.79 Å². The Morgan fingerprint density at radius 1 is 1.14 bits per heavy atom. The van der Waals surface area contributed by atoms with Gasteiger partial charge in [0, 0.05) is 15.3 Å². The van der Waals surface area contributed by atoms with Crippen LogP contribution in [0.4, 0.5) is 10.5 Å². The Morgan fingerprint density at radius 3 is 2.41 bits per heavy atom. The summed E-state index contributed by atoms with van der Waals surface area (Å²) in [4.78, 5) is 23.9. The Labute approximate surface area is 144 Å². The van der Waals surface area contributed by atoms with Crippen molar-refractivity contribution in [2.45, 2.75) is 51.1 Å². The Kier molecular flexibility index (Phi) is 6.48. The van der Waals surface area contributed by atoms with Crippen LogP contribution in [0.5, 0.6) is 0 Å². The predicted molar refractivity (Wildman–Crippen MR) is 95.8 cm³/mol. The van der Waals surface area contributed by atoms with E-state index in [0.29, 0.717) is 0 Å². The minimum atomic E-state index is -0.475. The second kappa shape index (κ2) is 8.36. The molecule has 1 aromatic carbocycles. The molecule has 0 bridgehead atoms. The summed E-state index contributed by atoms with van der Waals surface area (Å²) in [5, 5.41) is 8.36. The lowest BCUT2D eigenvalue weighted by Gasteiger charge is -2.23. The molecule has 120 valence electrons. The molecule has 0 radical (unpaired) electrons. The third-order valence-electron chi connectivity index (χ3n) is 3.80. The molecule has 3 amide bonds. The van der Waals surface area contributed by atoms with Crippen LogP contribution in [0.2, 0.25) is 0 Å². The van der Waals surface area contributed by atoms with Crippen LogP contribution >= 0.6 is 22.6 Å². The van der Waals surface area contributed by atoms with Gasteiger partial charge >= 0.3 is 6.03 Å². The maximum Gasteiger partial charge on any atom is 0.321 e. The summed E-state index contributed by atoms with van der Waals surface area (Å²) in [6, 6.07) is 7.07. The predicted octanol–water partition coefficient (Wildman–Crippen LogP) is 3.25. The summed E-state index contributed by atoms with van der Waals surface area (Å²) in [5.74, 6) is -0.327. The van der Waals surface area contributed by atoms with Crippen molar-refractivity contribution in [2.75, 3.05) is 5.32 Å². The second-order valence-electron chi connectivity index (χ2n) is 5.67. The molecule has 6 heteroatoms. The van der Waals surface area contributed by atoms with Crippen molar-refractivity contribution >= 4 is 40.2 Å². The summed E-state index contributed by atoms with van der Waals surface area (Å²) in [7, 11) is 0. The van der Waals surface area contributed by atoms with E-state index < -0.39 is 12.1 Å². The first kappa shape index (κ1) is 17.1. The molecule has 1 aliphatic rings. The van der Waals surface area contributed by atoms with Gasteiger partial charge in [-0.2, -0.15) is 0 Å². The highest BCUT2D eigenvalue weighted by Gasteiger charge is 2.19. The largest absolute Gasteiger partial charge is 0.374 e. The standard InChI is InChI=1S/C16H22IN3O2/c1-11(18-14-9-7-12(17)8-10-14)15(21)20-16(22)19-13-5-3-2-4-6-13/h7-11,13,18H,2-6H2,1H3,(H2,19,20,21,22). The molecule has 0 heterocycles. The van der Waals surface area contributed by atoms with E-state index in [9.17, 15) is 9.59 Å². The molecule has 0 spiro atoms. The minimum absolute atomic E-state index is 0.195. The van der Waals surface area contributed by atoms with Crippen LogP contribution in [0.1, 0.15) is 39.0 Å². The Balaban J connectivity index is 1.77. The van der Waals surface area contributed by atoms with Gasteiger partial charge in [0.1, 0.15) is 6.04 Å². The summed E-state index contributed by atoms with van der Waals surface area (Å²) in [6.45, 7) is 1.74. The number of nitrogens with one attached hydrogen (secondary N) is 3. The average Bonchev–Trinajstić information content (AvgIpc) is 2.50. The summed E-state index contributed by atoms with van der Waals surface area (Å²) < 4.78 is 1.13. The molecule has 2 rings (SSSR count). The minimum Gasteiger partial charge on any atom is -0.374 e. The number of benzene rings is 1. The van der Waals surface area contributed by atoms with Gasteiger partial charge in [-0.15, -0.1) is 0 Å². The quantitative estimate of drug-likeness (QED) is 0.662. The van der Waals surface area contributed by atoms with Gasteiger partial charge in [-0.3, -0.25) is 10.1 Å². The molecule has 5 nitrogen and oxygen atoms in total. The molecule has 0 saturated heterocycles. The number of halogens is 1. The lowest BCUT2D eigenvalue weighted by Crippen LogP contribution is -2.49. The average molecular weight is 415 g/mol. The molecule has 3 N–H and O–H groups in total. The molecule has 1 saturated carbocycles. The van der Waals surface area contributed by atoms with Crippen molar-refractivity contribution < 1.29 is 9.59 Å². The van der Waals surface area contributed by atoms with Gasteiger partial charge in [0.15, 0.2) is 0 Å². The zero-order chi connectivity index (χ0) is 15.9. The van der Waals surface area contributed by atoms with Crippen LogP contribution < -0.4 is 16.0 Å². The molecular weight excluding hydrogens is 393 g/mol. The van der Waals surface area contributed by atoms with E-state index in [1.165, 1.54) is 6.42 Å². The Morgan fingerprint density at radius 2 is 1.77 bits per heavy atom. The molecule has 0 aliphatic heterocycles. The molecule has 1 fully saturated rings. The number of rotatable bonds is 4. The number of carbonyl (C=O) groups is 2. The van der Waals surface area contributed by atoms with Crippen molar-refractivity contribution in [1.29, 1.82) is 0 Å². The maximum absolute atomic E-state index is 12.0. The fraction of sp³-hybridized carbons (Fsp3) is 0.500. The molecule has 1 atom stereocenters. The van der Waals surface area contributed by atoms with E-state index in [-0.39, 0.29) is 11.9 Å². The van der Waals surface area contributed by atoms with Crippen LogP contribution in [-0.4, -0.2) is 24.0 Å². The number of imide groups is 1. The number of urea groups is 1. The highest BCUT2D eigenvalue weighted by Crippen LogP contribution is 2.17. The van der Waals surface area contributed by atoms with E-state index in [1.54, 1.807) is 6.92 Å². The van der Waals surface area contributed by atoms with Gasteiger partial charge in [-0.1, -0.05) is 19.3 Å². The SMILES string of the molecule is CC(Nc1ccc(I)cc1)C(=O)NC(=O)NC1CCCCC1. The second-order valence-corrected chi connectivity index (χ2v) is 6.92. The van der Waals surface area contributed by atoms with Crippen molar-refractivity contribution in [3.63, 3.8) is 0 Å². The maximum atomic E-state index is 12.0. The topological polar surface area (TPSA) is 70.2 Å². The number of hydrogen-bond acceptors (Lipinski definition) is 3. The van der Waals surface area contributed by atoms with E-state index >= 15 is 0 Å². The summed E-state index contributed by atoms with van der Waals surface area (Å²) in [5.41, 5.74) is 0.857. The molecule has 1 aromatic rings. The zero-order valence-corrected chi connectivity index (χ0v) is 14.9. The molecular formula is C16H22IN3O2. The third-order valence-corrected chi connectivity index (χ3v) is 4.52. The third kappa shape index (κ3) is 5.47. The van der Waals surface area contributed by atoms with E-state index in [0.717, 1.165) is 34.9 Å². The molecule has 22 heavy (non-hydrogen) atoms.